The predicted octanol–water partition coefficient (Wildman–Crippen LogP) is 5.51. The van der Waals surface area contributed by atoms with Gasteiger partial charge in [0.1, 0.15) is 5.75 Å². The third-order valence-electron chi connectivity index (χ3n) is 6.31. The van der Waals surface area contributed by atoms with E-state index in [0.29, 0.717) is 21.9 Å². The van der Waals surface area contributed by atoms with Gasteiger partial charge in [-0.2, -0.15) is 0 Å². The number of likely N-dealkylation sites (tertiary alicyclic amines) is 1. The van der Waals surface area contributed by atoms with Gasteiger partial charge in [0.05, 0.1) is 0 Å². The summed E-state index contributed by atoms with van der Waals surface area (Å²) in [6, 6.07) is 24.3. The van der Waals surface area contributed by atoms with Crippen LogP contribution in [0.1, 0.15) is 48.2 Å². The lowest BCUT2D eigenvalue weighted by Gasteiger charge is -2.34. The van der Waals surface area contributed by atoms with E-state index in [0.717, 1.165) is 32.5 Å². The molecule has 1 amide bonds. The average molecular weight is 491 g/mol. The van der Waals surface area contributed by atoms with Crippen molar-refractivity contribution in [3.63, 3.8) is 0 Å². The Morgan fingerprint density at radius 2 is 1.49 bits per heavy atom. The number of ether oxygens (including phenoxy) is 1. The smallest absolute Gasteiger partial charge is 0.263 e. The Labute approximate surface area is 212 Å². The molecule has 1 N–H and O–H groups in total. The fourth-order valence-corrected chi connectivity index (χ4v) is 4.35. The average Bonchev–Trinajstić information content (AvgIpc) is 2.86. The first-order valence-corrected chi connectivity index (χ1v) is 12.3. The van der Waals surface area contributed by atoms with Crippen LogP contribution in [0.3, 0.4) is 0 Å². The molecule has 0 aliphatic carbocycles. The Balaban J connectivity index is 1.28. The van der Waals surface area contributed by atoms with Gasteiger partial charge in [0, 0.05) is 41.8 Å². The normalized spacial score (nSPS) is 14.9. The molecule has 3 aromatic carbocycles. The highest BCUT2D eigenvalue weighted by Gasteiger charge is 2.32. The molecule has 0 aromatic heterocycles. The number of amides is 1. The van der Waals surface area contributed by atoms with Crippen molar-refractivity contribution in [2.75, 3.05) is 13.1 Å². The summed E-state index contributed by atoms with van der Waals surface area (Å²) in [5.74, 6) is 0.305. The van der Waals surface area contributed by atoms with E-state index in [1.165, 1.54) is 5.56 Å². The number of piperidine rings is 1. The highest BCUT2D eigenvalue weighted by molar-refractivity contribution is 6.30. The van der Waals surface area contributed by atoms with Crippen LogP contribution in [0.15, 0.2) is 78.9 Å². The van der Waals surface area contributed by atoms with Crippen molar-refractivity contribution in [2.45, 2.75) is 44.9 Å². The zero-order valence-electron chi connectivity index (χ0n) is 20.2. The van der Waals surface area contributed by atoms with Crippen molar-refractivity contribution in [1.29, 1.82) is 0 Å². The number of rotatable bonds is 8. The lowest BCUT2D eigenvalue weighted by molar-refractivity contribution is -0.135. The quantitative estimate of drug-likeness (QED) is 0.423. The number of halogens is 1. The first kappa shape index (κ1) is 25.0. The van der Waals surface area contributed by atoms with Crippen LogP contribution in [0.4, 0.5) is 0 Å². The molecule has 0 bridgehead atoms. The molecule has 0 radical (unpaired) electrons. The molecule has 1 aliphatic rings. The number of hydrogen-bond acceptors (Lipinski definition) is 4. The molecule has 3 aromatic rings. The van der Waals surface area contributed by atoms with E-state index < -0.39 is 5.60 Å². The van der Waals surface area contributed by atoms with Crippen molar-refractivity contribution in [2.24, 2.45) is 0 Å². The second-order valence-corrected chi connectivity index (χ2v) is 9.92. The minimum atomic E-state index is -1.04. The van der Waals surface area contributed by atoms with E-state index in [1.54, 1.807) is 62.4 Å². The van der Waals surface area contributed by atoms with Crippen LogP contribution in [0, 0.1) is 0 Å². The summed E-state index contributed by atoms with van der Waals surface area (Å²) < 4.78 is 6.01. The standard InChI is InChI=1S/C29H31ClN2O3/c1-29(2,28(34)31-25-16-18-32(19-17-25)20-21-6-4-3-5-7-21)35-26-14-10-23(11-15-26)27(33)22-8-12-24(30)13-9-22/h3-15,25H,16-20H2,1-2H3,(H,31,34). The summed E-state index contributed by atoms with van der Waals surface area (Å²) in [4.78, 5) is 28.1. The number of hydrogen-bond donors (Lipinski definition) is 1. The number of carbonyl (C=O) groups excluding carboxylic acids is 2. The van der Waals surface area contributed by atoms with Crippen LogP contribution in [0.2, 0.25) is 5.02 Å². The molecular weight excluding hydrogens is 460 g/mol. The molecule has 0 saturated carbocycles. The van der Waals surface area contributed by atoms with Gasteiger partial charge in [0.15, 0.2) is 11.4 Å². The second-order valence-electron chi connectivity index (χ2n) is 9.48. The van der Waals surface area contributed by atoms with Crippen LogP contribution in [-0.4, -0.2) is 41.3 Å². The highest BCUT2D eigenvalue weighted by atomic mass is 35.5. The Hall–Kier alpha value is -3.15. The summed E-state index contributed by atoms with van der Waals surface area (Å²) >= 11 is 5.91. The third kappa shape index (κ3) is 6.71. The van der Waals surface area contributed by atoms with Gasteiger partial charge < -0.3 is 10.1 Å². The van der Waals surface area contributed by atoms with E-state index in [-0.39, 0.29) is 17.7 Å². The van der Waals surface area contributed by atoms with E-state index in [9.17, 15) is 9.59 Å². The molecule has 0 unspecified atom stereocenters. The van der Waals surface area contributed by atoms with Crippen LogP contribution in [0.25, 0.3) is 0 Å². The summed E-state index contributed by atoms with van der Waals surface area (Å²) in [6.07, 6.45) is 1.83. The van der Waals surface area contributed by atoms with Gasteiger partial charge in [0.2, 0.25) is 0 Å². The fourth-order valence-electron chi connectivity index (χ4n) is 4.22. The Morgan fingerprint density at radius 1 is 0.914 bits per heavy atom. The third-order valence-corrected chi connectivity index (χ3v) is 6.57. The zero-order chi connectivity index (χ0) is 24.8. The highest BCUT2D eigenvalue weighted by Crippen LogP contribution is 2.22. The van der Waals surface area contributed by atoms with E-state index in [4.69, 9.17) is 16.3 Å². The molecule has 4 rings (SSSR count). The van der Waals surface area contributed by atoms with Crippen molar-refractivity contribution in [3.8, 4) is 5.75 Å². The number of benzene rings is 3. The van der Waals surface area contributed by atoms with Gasteiger partial charge in [0.25, 0.3) is 5.91 Å². The number of nitrogens with zero attached hydrogens (tertiary/aromatic N) is 1. The second kappa shape index (κ2) is 11.1. The summed E-state index contributed by atoms with van der Waals surface area (Å²) in [6.45, 7) is 6.36. The van der Waals surface area contributed by atoms with Crippen LogP contribution in [0.5, 0.6) is 5.75 Å². The molecule has 5 nitrogen and oxygen atoms in total. The van der Waals surface area contributed by atoms with Gasteiger partial charge >= 0.3 is 0 Å². The van der Waals surface area contributed by atoms with Gasteiger partial charge in [-0.15, -0.1) is 0 Å². The monoisotopic (exact) mass is 490 g/mol. The fraction of sp³-hybridized carbons (Fsp3) is 0.310. The van der Waals surface area contributed by atoms with Crippen LogP contribution >= 0.6 is 11.6 Å². The zero-order valence-corrected chi connectivity index (χ0v) is 20.9. The maximum atomic E-state index is 13.0. The summed E-state index contributed by atoms with van der Waals surface area (Å²) in [7, 11) is 0. The Morgan fingerprint density at radius 3 is 2.09 bits per heavy atom. The minimum Gasteiger partial charge on any atom is -0.478 e. The number of nitrogens with one attached hydrogen (secondary N) is 1. The van der Waals surface area contributed by atoms with Crippen molar-refractivity contribution >= 4 is 23.3 Å². The summed E-state index contributed by atoms with van der Waals surface area (Å²) in [5.41, 5.74) is 1.38. The molecule has 1 aliphatic heterocycles. The topological polar surface area (TPSA) is 58.6 Å². The molecule has 1 heterocycles. The van der Waals surface area contributed by atoms with Gasteiger partial charge in [-0.1, -0.05) is 41.9 Å². The molecule has 0 atom stereocenters. The van der Waals surface area contributed by atoms with Crippen molar-refractivity contribution < 1.29 is 14.3 Å². The maximum Gasteiger partial charge on any atom is 0.263 e. The lowest BCUT2D eigenvalue weighted by atomic mass is 10.0. The molecular formula is C29H31ClN2O3. The van der Waals surface area contributed by atoms with Gasteiger partial charge in [-0.25, -0.2) is 0 Å². The molecule has 0 spiro atoms. The first-order chi connectivity index (χ1) is 16.8. The van der Waals surface area contributed by atoms with E-state index >= 15 is 0 Å². The Bertz CT molecular complexity index is 1140. The van der Waals surface area contributed by atoms with Gasteiger partial charge in [-0.3, -0.25) is 14.5 Å². The van der Waals surface area contributed by atoms with E-state index in [2.05, 4.69) is 34.5 Å². The van der Waals surface area contributed by atoms with Crippen LogP contribution < -0.4 is 10.1 Å². The molecule has 182 valence electrons. The summed E-state index contributed by atoms with van der Waals surface area (Å²) in [5, 5.41) is 3.75. The largest absolute Gasteiger partial charge is 0.478 e. The first-order valence-electron chi connectivity index (χ1n) is 12.0. The predicted molar refractivity (Wildman–Crippen MR) is 139 cm³/mol. The molecule has 1 saturated heterocycles. The molecule has 35 heavy (non-hydrogen) atoms. The van der Waals surface area contributed by atoms with Gasteiger partial charge in [-0.05, 0) is 80.8 Å². The van der Waals surface area contributed by atoms with Crippen molar-refractivity contribution in [3.05, 3.63) is 101 Å². The van der Waals surface area contributed by atoms with E-state index in [1.807, 2.05) is 6.07 Å². The molecule has 6 heteroatoms. The molecule has 1 fully saturated rings. The van der Waals surface area contributed by atoms with Crippen LogP contribution in [-0.2, 0) is 11.3 Å². The Kier molecular flexibility index (Phi) is 7.89. The SMILES string of the molecule is CC(C)(Oc1ccc(C(=O)c2ccc(Cl)cc2)cc1)C(=O)NC1CCN(Cc2ccccc2)CC1. The minimum absolute atomic E-state index is 0.0937. The van der Waals surface area contributed by atoms with Crippen molar-refractivity contribution in [1.82, 2.24) is 10.2 Å². The number of ketones is 1. The number of carbonyl (C=O) groups is 2. The lowest BCUT2D eigenvalue weighted by Crippen LogP contribution is -2.52. The maximum absolute atomic E-state index is 13.0.